The van der Waals surface area contributed by atoms with Gasteiger partial charge in [-0.15, -0.1) is 0 Å². The van der Waals surface area contributed by atoms with Crippen molar-refractivity contribution in [3.63, 3.8) is 0 Å². The average Bonchev–Trinajstić information content (AvgIpc) is 3.25. The van der Waals surface area contributed by atoms with Crippen molar-refractivity contribution in [1.29, 1.82) is 0 Å². The third-order valence-electron chi connectivity index (χ3n) is 4.46. The van der Waals surface area contributed by atoms with Crippen LogP contribution in [0.1, 0.15) is 90.4 Å². The summed E-state index contributed by atoms with van der Waals surface area (Å²) in [6, 6.07) is 0. The van der Waals surface area contributed by atoms with Crippen LogP contribution in [0.15, 0.2) is 24.3 Å². The molecule has 0 aromatic carbocycles. The van der Waals surface area contributed by atoms with Gasteiger partial charge in [0, 0.05) is 11.8 Å². The van der Waals surface area contributed by atoms with E-state index in [1.54, 1.807) is 0 Å². The van der Waals surface area contributed by atoms with Crippen LogP contribution in [0, 0.1) is 5.41 Å². The molecule has 0 bridgehead atoms. The van der Waals surface area contributed by atoms with E-state index in [0.29, 0.717) is 11.8 Å². The van der Waals surface area contributed by atoms with Gasteiger partial charge in [0.25, 0.3) is 0 Å². The Kier molecular flexibility index (Phi) is 9.94. The van der Waals surface area contributed by atoms with Gasteiger partial charge in [-0.05, 0) is 44.9 Å². The molecule has 1 rings (SSSR count). The summed E-state index contributed by atoms with van der Waals surface area (Å²) in [7, 11) is 0. The summed E-state index contributed by atoms with van der Waals surface area (Å²) >= 11 is 0. The molecule has 22 heavy (non-hydrogen) atoms. The van der Waals surface area contributed by atoms with Crippen molar-refractivity contribution in [2.24, 2.45) is 5.41 Å². The van der Waals surface area contributed by atoms with Crippen molar-refractivity contribution in [1.82, 2.24) is 0 Å². The minimum Gasteiger partial charge on any atom is -0.481 e. The molecule has 0 amide bonds. The third-order valence-corrected chi connectivity index (χ3v) is 4.46. The highest BCUT2D eigenvalue weighted by Crippen LogP contribution is 2.48. The van der Waals surface area contributed by atoms with Crippen LogP contribution in [0.2, 0.25) is 0 Å². The number of carboxylic acids is 1. The number of carboxylic acid groups (broad SMARTS) is 1. The quantitative estimate of drug-likeness (QED) is 0.303. The van der Waals surface area contributed by atoms with Crippen molar-refractivity contribution < 1.29 is 9.90 Å². The van der Waals surface area contributed by atoms with Gasteiger partial charge in [-0.3, -0.25) is 4.79 Å². The smallest absolute Gasteiger partial charge is 0.303 e. The Morgan fingerprint density at radius 3 is 2.00 bits per heavy atom. The molecule has 0 aliphatic heterocycles. The zero-order valence-corrected chi connectivity index (χ0v) is 14.4. The standard InChI is InChI=1S/C20H34O2/c1-2-3-4-9-12-15-20(17-18-20)16-13-10-7-5-6-8-11-14-19(21)22/h12-13,15-16H,2-11,14,17-18H2,1H3,(H,21,22)/b15-12-,16-13-. The number of allylic oxidation sites excluding steroid dienone is 4. The number of aliphatic carboxylic acids is 1. The maximum Gasteiger partial charge on any atom is 0.303 e. The maximum atomic E-state index is 10.4. The van der Waals surface area contributed by atoms with E-state index < -0.39 is 5.97 Å². The lowest BCUT2D eigenvalue weighted by molar-refractivity contribution is -0.137. The number of hydrogen-bond acceptors (Lipinski definition) is 1. The fraction of sp³-hybridized carbons (Fsp3) is 0.750. The molecule has 2 nitrogen and oxygen atoms in total. The summed E-state index contributed by atoms with van der Waals surface area (Å²) < 4.78 is 0. The summed E-state index contributed by atoms with van der Waals surface area (Å²) in [6.45, 7) is 2.25. The van der Waals surface area contributed by atoms with Crippen LogP contribution >= 0.6 is 0 Å². The van der Waals surface area contributed by atoms with E-state index in [0.717, 1.165) is 12.8 Å². The highest BCUT2D eigenvalue weighted by Gasteiger charge is 2.36. The minimum atomic E-state index is -0.666. The summed E-state index contributed by atoms with van der Waals surface area (Å²) in [5.74, 6) is -0.666. The fourth-order valence-corrected chi connectivity index (χ4v) is 2.75. The average molecular weight is 306 g/mol. The first-order valence-corrected chi connectivity index (χ1v) is 9.26. The number of carbonyl (C=O) groups is 1. The normalized spacial score (nSPS) is 16.6. The molecule has 1 N–H and O–H groups in total. The number of unbranched alkanes of at least 4 members (excludes halogenated alkanes) is 8. The Balaban J connectivity index is 1.99. The molecule has 0 unspecified atom stereocenters. The monoisotopic (exact) mass is 306 g/mol. The maximum absolute atomic E-state index is 10.4. The Hall–Kier alpha value is -1.05. The summed E-state index contributed by atoms with van der Waals surface area (Å²) in [6.07, 6.45) is 24.5. The molecular formula is C20H34O2. The molecule has 1 aliphatic rings. The molecule has 1 saturated carbocycles. The molecule has 0 spiro atoms. The van der Waals surface area contributed by atoms with Gasteiger partial charge >= 0.3 is 5.97 Å². The molecule has 1 aliphatic carbocycles. The second kappa shape index (κ2) is 11.5. The van der Waals surface area contributed by atoms with Gasteiger partial charge in [0.2, 0.25) is 0 Å². The van der Waals surface area contributed by atoms with Gasteiger partial charge in [0.1, 0.15) is 0 Å². The predicted molar refractivity (Wildman–Crippen MR) is 94.0 cm³/mol. The second-order valence-corrected chi connectivity index (χ2v) is 6.73. The van der Waals surface area contributed by atoms with Gasteiger partial charge in [-0.2, -0.15) is 0 Å². The van der Waals surface area contributed by atoms with Crippen LogP contribution < -0.4 is 0 Å². The number of hydrogen-bond donors (Lipinski definition) is 1. The molecule has 2 heteroatoms. The largest absolute Gasteiger partial charge is 0.481 e. The zero-order chi connectivity index (χ0) is 16.1. The van der Waals surface area contributed by atoms with Crippen molar-refractivity contribution in [3.8, 4) is 0 Å². The van der Waals surface area contributed by atoms with Gasteiger partial charge < -0.3 is 5.11 Å². The van der Waals surface area contributed by atoms with Crippen molar-refractivity contribution in [2.45, 2.75) is 90.4 Å². The highest BCUT2D eigenvalue weighted by molar-refractivity contribution is 5.66. The van der Waals surface area contributed by atoms with E-state index in [2.05, 4.69) is 31.2 Å². The fourth-order valence-electron chi connectivity index (χ4n) is 2.75. The van der Waals surface area contributed by atoms with Gasteiger partial charge in [0.15, 0.2) is 0 Å². The van der Waals surface area contributed by atoms with Crippen LogP contribution in [0.25, 0.3) is 0 Å². The third kappa shape index (κ3) is 9.81. The van der Waals surface area contributed by atoms with E-state index in [-0.39, 0.29) is 0 Å². The van der Waals surface area contributed by atoms with Gasteiger partial charge in [0.05, 0.1) is 0 Å². The van der Waals surface area contributed by atoms with Gasteiger partial charge in [-0.1, -0.05) is 63.3 Å². The van der Waals surface area contributed by atoms with Crippen LogP contribution in [-0.4, -0.2) is 11.1 Å². The number of rotatable bonds is 14. The van der Waals surface area contributed by atoms with Crippen molar-refractivity contribution >= 4 is 5.97 Å². The van der Waals surface area contributed by atoms with Crippen LogP contribution in [0.4, 0.5) is 0 Å². The minimum absolute atomic E-state index is 0.326. The first kappa shape index (κ1) is 19.0. The first-order chi connectivity index (χ1) is 10.7. The van der Waals surface area contributed by atoms with E-state index >= 15 is 0 Å². The molecule has 0 saturated heterocycles. The zero-order valence-electron chi connectivity index (χ0n) is 14.4. The van der Waals surface area contributed by atoms with E-state index in [1.807, 2.05) is 0 Å². The molecule has 0 aromatic rings. The Labute approximate surface area is 136 Å². The Morgan fingerprint density at radius 2 is 1.45 bits per heavy atom. The molecule has 1 fully saturated rings. The second-order valence-electron chi connectivity index (χ2n) is 6.73. The highest BCUT2D eigenvalue weighted by atomic mass is 16.4. The first-order valence-electron chi connectivity index (χ1n) is 9.26. The predicted octanol–water partition coefficient (Wildman–Crippen LogP) is 6.27. The summed E-state index contributed by atoms with van der Waals surface area (Å²) in [5, 5.41) is 8.56. The molecule has 0 aromatic heterocycles. The van der Waals surface area contributed by atoms with E-state index in [1.165, 1.54) is 64.2 Å². The van der Waals surface area contributed by atoms with Gasteiger partial charge in [-0.25, -0.2) is 0 Å². The SMILES string of the molecule is CCCCC/C=C\C1(/C=C\CCCCCCCC(=O)O)CC1. The molecule has 126 valence electrons. The topological polar surface area (TPSA) is 37.3 Å². The van der Waals surface area contributed by atoms with E-state index in [4.69, 9.17) is 5.11 Å². The Morgan fingerprint density at radius 1 is 0.909 bits per heavy atom. The molecular weight excluding hydrogens is 272 g/mol. The lowest BCUT2D eigenvalue weighted by Gasteiger charge is -2.03. The lowest BCUT2D eigenvalue weighted by Crippen LogP contribution is -1.93. The van der Waals surface area contributed by atoms with Crippen LogP contribution in [0.5, 0.6) is 0 Å². The summed E-state index contributed by atoms with van der Waals surface area (Å²) in [5.41, 5.74) is 0.410. The molecule has 0 radical (unpaired) electrons. The van der Waals surface area contributed by atoms with Crippen molar-refractivity contribution in [2.75, 3.05) is 0 Å². The molecule has 0 atom stereocenters. The van der Waals surface area contributed by atoms with Crippen molar-refractivity contribution in [3.05, 3.63) is 24.3 Å². The van der Waals surface area contributed by atoms with Crippen LogP contribution in [0.3, 0.4) is 0 Å². The lowest BCUT2D eigenvalue weighted by atomic mass is 10.0. The van der Waals surface area contributed by atoms with E-state index in [9.17, 15) is 4.79 Å². The molecule has 0 heterocycles. The Bertz CT molecular complexity index is 351. The summed E-state index contributed by atoms with van der Waals surface area (Å²) in [4.78, 5) is 10.4. The van der Waals surface area contributed by atoms with Crippen LogP contribution in [-0.2, 0) is 4.79 Å².